The van der Waals surface area contributed by atoms with Gasteiger partial charge < -0.3 is 21.2 Å². The molecule has 10 heteroatoms. The molecule has 5 rings (SSSR count). The van der Waals surface area contributed by atoms with Gasteiger partial charge in [-0.3, -0.25) is 9.69 Å². The number of primary amides is 1. The summed E-state index contributed by atoms with van der Waals surface area (Å²) in [6.07, 6.45) is 5.02. The third-order valence-corrected chi connectivity index (χ3v) is 7.16. The van der Waals surface area contributed by atoms with E-state index in [-0.39, 0.29) is 34.7 Å². The Morgan fingerprint density at radius 2 is 2.00 bits per heavy atom. The molecule has 3 heterocycles. The van der Waals surface area contributed by atoms with Crippen LogP contribution in [0.2, 0.25) is 5.02 Å². The zero-order valence-corrected chi connectivity index (χ0v) is 20.7. The largest absolute Gasteiger partial charge is 0.485 e. The minimum absolute atomic E-state index is 0.0927. The maximum absolute atomic E-state index is 14.2. The summed E-state index contributed by atoms with van der Waals surface area (Å²) >= 11 is 5.91. The van der Waals surface area contributed by atoms with Gasteiger partial charge in [-0.25, -0.2) is 13.8 Å². The molecule has 0 spiro atoms. The van der Waals surface area contributed by atoms with Gasteiger partial charge in [-0.2, -0.15) is 0 Å². The Hall–Kier alpha value is -3.69. The molecule has 1 amide bonds. The minimum atomic E-state index is -0.727. The summed E-state index contributed by atoms with van der Waals surface area (Å²) in [6.45, 7) is 2.22. The van der Waals surface area contributed by atoms with Crippen LogP contribution in [0.1, 0.15) is 24.0 Å². The number of nitrogens with zero attached hydrogens (tertiary/aromatic N) is 2. The number of rotatable bonds is 8. The number of carbonyl (C=O) groups excluding carboxylic acids is 1. The van der Waals surface area contributed by atoms with Crippen molar-refractivity contribution in [3.8, 4) is 16.9 Å². The van der Waals surface area contributed by atoms with Crippen LogP contribution >= 0.6 is 11.6 Å². The van der Waals surface area contributed by atoms with E-state index in [0.717, 1.165) is 65.8 Å². The number of nitrogen functional groups attached to an aromatic ring is 1. The number of hydrogen-bond donors (Lipinski definition) is 3. The third-order valence-electron chi connectivity index (χ3n) is 6.75. The first-order valence-electron chi connectivity index (χ1n) is 11.9. The van der Waals surface area contributed by atoms with Crippen LogP contribution in [0.15, 0.2) is 48.8 Å². The van der Waals surface area contributed by atoms with Gasteiger partial charge in [0.1, 0.15) is 18.2 Å². The smallest absolute Gasteiger partial charge is 0.217 e. The van der Waals surface area contributed by atoms with E-state index in [1.165, 1.54) is 0 Å². The molecule has 0 bridgehead atoms. The molecule has 2 aromatic carbocycles. The molecule has 0 radical (unpaired) electrons. The van der Waals surface area contributed by atoms with Crippen molar-refractivity contribution in [2.24, 2.45) is 11.7 Å². The molecule has 0 saturated carbocycles. The summed E-state index contributed by atoms with van der Waals surface area (Å²) in [5.41, 5.74) is 15.1. The van der Waals surface area contributed by atoms with E-state index in [1.54, 1.807) is 12.3 Å². The number of nitrogens with two attached hydrogens (primary N) is 2. The van der Waals surface area contributed by atoms with E-state index in [0.29, 0.717) is 12.3 Å². The molecule has 4 aromatic rings. The summed E-state index contributed by atoms with van der Waals surface area (Å²) in [6, 6.07) is 9.70. The van der Waals surface area contributed by atoms with E-state index < -0.39 is 11.6 Å². The summed E-state index contributed by atoms with van der Waals surface area (Å²) in [5, 5.41) is 0.746. The minimum Gasteiger partial charge on any atom is -0.485 e. The molecule has 0 aliphatic carbocycles. The van der Waals surface area contributed by atoms with Gasteiger partial charge in [0, 0.05) is 53.9 Å². The number of nitrogens with one attached hydrogen (secondary N) is 1. The lowest BCUT2D eigenvalue weighted by Gasteiger charge is -2.15. The number of H-pyrrole nitrogens is 1. The maximum atomic E-state index is 14.2. The fourth-order valence-electron chi connectivity index (χ4n) is 4.82. The van der Waals surface area contributed by atoms with Crippen LogP contribution < -0.4 is 16.2 Å². The fourth-order valence-corrected chi connectivity index (χ4v) is 5.03. The number of hydrogen-bond acceptors (Lipinski definition) is 5. The second-order valence-electron chi connectivity index (χ2n) is 9.35. The van der Waals surface area contributed by atoms with Crippen molar-refractivity contribution >= 4 is 34.2 Å². The van der Waals surface area contributed by atoms with Gasteiger partial charge in [0.25, 0.3) is 0 Å². The van der Waals surface area contributed by atoms with Gasteiger partial charge in [0.15, 0.2) is 11.6 Å². The average molecular weight is 526 g/mol. The highest BCUT2D eigenvalue weighted by atomic mass is 35.5. The van der Waals surface area contributed by atoms with Crippen molar-refractivity contribution in [1.29, 1.82) is 0 Å². The molecule has 1 aliphatic rings. The molecule has 1 fully saturated rings. The molecule has 192 valence electrons. The second kappa shape index (κ2) is 10.4. The maximum Gasteiger partial charge on any atom is 0.217 e. The summed E-state index contributed by atoms with van der Waals surface area (Å²) in [7, 11) is 0. The highest BCUT2D eigenvalue weighted by molar-refractivity contribution is 6.31. The predicted octanol–water partition coefficient (Wildman–Crippen LogP) is 5.02. The standard InChI is InChI=1S/C27H26ClF2N5O2/c28-26-20(21(29)2-3-22(26)30)14-37-24-9-17(10-34-27(24)32)16-1-4-23-19(8-16)18(11-33-23)13-35-6-5-15(12-35)7-25(31)36/h1-4,8-11,15,33H,5-7,12-14H2,(H2,31,36)(H2,32,34)/t15-/m0/s1. The number of likely N-dealkylation sites (tertiary alicyclic amines) is 1. The Morgan fingerprint density at radius 1 is 1.19 bits per heavy atom. The number of anilines is 1. The van der Waals surface area contributed by atoms with Crippen molar-refractivity contribution in [2.45, 2.75) is 26.0 Å². The zero-order valence-electron chi connectivity index (χ0n) is 19.9. The number of carbonyl (C=O) groups is 1. The summed E-state index contributed by atoms with van der Waals surface area (Å²) in [4.78, 5) is 21.1. The molecule has 1 aliphatic heterocycles. The van der Waals surface area contributed by atoms with Crippen molar-refractivity contribution in [3.63, 3.8) is 0 Å². The first-order chi connectivity index (χ1) is 17.8. The summed E-state index contributed by atoms with van der Waals surface area (Å²) < 4.78 is 33.6. The zero-order chi connectivity index (χ0) is 26.1. The Labute approximate surface area is 217 Å². The molecule has 2 aromatic heterocycles. The van der Waals surface area contributed by atoms with Gasteiger partial charge in [0.05, 0.1) is 5.02 Å². The number of aromatic amines is 1. The quantitative estimate of drug-likeness (QED) is 0.280. The SMILES string of the molecule is NC(=O)C[C@@H]1CCN(Cc2c[nH]c3ccc(-c4cnc(N)c(OCc5c(F)ccc(F)c5Cl)c4)cc23)C1. The molecule has 7 nitrogen and oxygen atoms in total. The number of pyridine rings is 1. The topological polar surface area (TPSA) is 110 Å². The second-order valence-corrected chi connectivity index (χ2v) is 9.73. The lowest BCUT2D eigenvalue weighted by atomic mass is 10.0. The van der Waals surface area contributed by atoms with Gasteiger partial charge in [-0.05, 0) is 60.3 Å². The highest BCUT2D eigenvalue weighted by Crippen LogP contribution is 2.32. The van der Waals surface area contributed by atoms with Crippen LogP contribution in [0.4, 0.5) is 14.6 Å². The predicted molar refractivity (Wildman–Crippen MR) is 139 cm³/mol. The Bertz CT molecular complexity index is 1470. The molecular weight excluding hydrogens is 500 g/mol. The highest BCUT2D eigenvalue weighted by Gasteiger charge is 2.24. The van der Waals surface area contributed by atoms with Gasteiger partial charge in [-0.1, -0.05) is 17.7 Å². The normalized spacial score (nSPS) is 15.9. The van der Waals surface area contributed by atoms with Crippen LogP contribution in [0.3, 0.4) is 0 Å². The van der Waals surface area contributed by atoms with Crippen LogP contribution in [0, 0.1) is 17.6 Å². The van der Waals surface area contributed by atoms with Gasteiger partial charge in [0.2, 0.25) is 5.91 Å². The fraction of sp³-hybridized carbons (Fsp3) is 0.259. The monoisotopic (exact) mass is 525 g/mol. The summed E-state index contributed by atoms with van der Waals surface area (Å²) in [5.74, 6) is -0.988. The molecule has 37 heavy (non-hydrogen) atoms. The molecule has 1 atom stereocenters. The average Bonchev–Trinajstić information content (AvgIpc) is 3.48. The van der Waals surface area contributed by atoms with Gasteiger partial charge in [-0.15, -0.1) is 0 Å². The number of ether oxygens (including phenoxy) is 1. The van der Waals surface area contributed by atoms with Crippen molar-refractivity contribution in [1.82, 2.24) is 14.9 Å². The van der Waals surface area contributed by atoms with E-state index in [9.17, 15) is 13.6 Å². The van der Waals surface area contributed by atoms with Gasteiger partial charge >= 0.3 is 0 Å². The number of amides is 1. The van der Waals surface area contributed by atoms with Crippen molar-refractivity contribution in [2.75, 3.05) is 18.8 Å². The number of fused-ring (bicyclic) bond motifs is 1. The van der Waals surface area contributed by atoms with Crippen LogP contribution in [0.5, 0.6) is 5.75 Å². The molecule has 0 unspecified atom stereocenters. The lowest BCUT2D eigenvalue weighted by molar-refractivity contribution is -0.118. The molecular formula is C27H26ClF2N5O2. The first-order valence-corrected chi connectivity index (χ1v) is 12.3. The molecule has 1 saturated heterocycles. The number of halogens is 3. The lowest BCUT2D eigenvalue weighted by Crippen LogP contribution is -2.22. The van der Waals surface area contributed by atoms with Crippen LogP contribution in [-0.2, 0) is 17.9 Å². The van der Waals surface area contributed by atoms with E-state index in [1.807, 2.05) is 18.3 Å². The first kappa shape index (κ1) is 25.0. The number of benzene rings is 2. The third kappa shape index (κ3) is 5.38. The Kier molecular flexibility index (Phi) is 6.99. The van der Waals surface area contributed by atoms with E-state index in [2.05, 4.69) is 20.9 Å². The molecule has 5 N–H and O–H groups in total. The van der Waals surface area contributed by atoms with E-state index in [4.69, 9.17) is 27.8 Å². The Balaban J connectivity index is 1.36. The van der Waals surface area contributed by atoms with Crippen molar-refractivity contribution < 1.29 is 18.3 Å². The Morgan fingerprint density at radius 3 is 2.81 bits per heavy atom. The number of aromatic nitrogens is 2. The van der Waals surface area contributed by atoms with Crippen LogP contribution in [0.25, 0.3) is 22.0 Å². The van der Waals surface area contributed by atoms with Crippen LogP contribution in [-0.4, -0.2) is 33.9 Å². The van der Waals surface area contributed by atoms with Crippen molar-refractivity contribution in [3.05, 3.63) is 76.6 Å². The van der Waals surface area contributed by atoms with E-state index >= 15 is 0 Å².